The molecule has 0 saturated heterocycles. The van der Waals surface area contributed by atoms with Crippen molar-refractivity contribution in [3.05, 3.63) is 30.3 Å². The van der Waals surface area contributed by atoms with Crippen LogP contribution in [0.5, 0.6) is 0 Å². The number of ether oxygens (including phenoxy) is 1. The van der Waals surface area contributed by atoms with Gasteiger partial charge in [0.1, 0.15) is 0 Å². The second-order valence-electron chi connectivity index (χ2n) is 8.35. The molecule has 0 spiro atoms. The zero-order valence-corrected chi connectivity index (χ0v) is 19.4. The molecule has 0 heterocycles. The quantitative estimate of drug-likeness (QED) is 0.436. The molecule has 1 aliphatic rings. The Kier molecular flexibility index (Phi) is 10.6. The van der Waals surface area contributed by atoms with E-state index < -0.39 is 10.0 Å². The van der Waals surface area contributed by atoms with Crippen LogP contribution < -0.4 is 0 Å². The molecule has 0 atom stereocenters. The van der Waals surface area contributed by atoms with Gasteiger partial charge in [-0.3, -0.25) is 0 Å². The molecule has 0 N–H and O–H groups in total. The van der Waals surface area contributed by atoms with Crippen molar-refractivity contribution < 1.29 is 13.2 Å². The highest BCUT2D eigenvalue weighted by molar-refractivity contribution is 7.89. The van der Waals surface area contributed by atoms with E-state index in [9.17, 15) is 8.42 Å². The molecule has 6 heteroatoms. The van der Waals surface area contributed by atoms with Crippen LogP contribution in [0.15, 0.2) is 35.2 Å². The van der Waals surface area contributed by atoms with E-state index in [2.05, 4.69) is 18.9 Å². The number of nitrogens with zero attached hydrogens (tertiary/aromatic N) is 2. The average molecular weight is 425 g/mol. The maximum absolute atomic E-state index is 12.8. The first kappa shape index (κ1) is 24.3. The van der Waals surface area contributed by atoms with Crippen molar-refractivity contribution in [1.82, 2.24) is 9.21 Å². The lowest BCUT2D eigenvalue weighted by Crippen LogP contribution is -2.40. The largest absolute Gasteiger partial charge is 0.378 e. The predicted octanol–water partition coefficient (Wildman–Crippen LogP) is 4.54. The van der Waals surface area contributed by atoms with Crippen molar-refractivity contribution >= 4 is 10.0 Å². The standard InChI is InChI=1S/C23H40N2O3S/c1-4-5-9-18-24(2)19-10-11-20-28-22-16-14-21(15-17-22)25(3)29(26,27)23-12-7-6-8-13-23/h6-8,12-13,21-22H,4-5,9-11,14-20H2,1-3H3/t21-,22-. The van der Waals surface area contributed by atoms with E-state index in [1.165, 1.54) is 32.2 Å². The summed E-state index contributed by atoms with van der Waals surface area (Å²) >= 11 is 0. The Hall–Kier alpha value is -0.950. The van der Waals surface area contributed by atoms with Crippen LogP contribution in [0.3, 0.4) is 0 Å². The molecule has 5 nitrogen and oxygen atoms in total. The minimum absolute atomic E-state index is 0.0665. The van der Waals surface area contributed by atoms with Gasteiger partial charge in [-0.15, -0.1) is 0 Å². The second-order valence-corrected chi connectivity index (χ2v) is 10.4. The van der Waals surface area contributed by atoms with Gasteiger partial charge < -0.3 is 9.64 Å². The summed E-state index contributed by atoms with van der Waals surface area (Å²) in [6, 6.07) is 8.79. The lowest BCUT2D eigenvalue weighted by Gasteiger charge is -2.34. The van der Waals surface area contributed by atoms with Crippen LogP contribution in [0.4, 0.5) is 0 Å². The number of unbranched alkanes of at least 4 members (excludes halogenated alkanes) is 3. The number of hydrogen-bond donors (Lipinski definition) is 0. The predicted molar refractivity (Wildman–Crippen MR) is 120 cm³/mol. The molecule has 2 rings (SSSR count). The van der Waals surface area contributed by atoms with Gasteiger partial charge in [0.25, 0.3) is 0 Å². The van der Waals surface area contributed by atoms with Crippen LogP contribution >= 0.6 is 0 Å². The second kappa shape index (κ2) is 12.7. The van der Waals surface area contributed by atoms with Crippen LogP contribution in [-0.2, 0) is 14.8 Å². The fourth-order valence-corrected chi connectivity index (χ4v) is 5.44. The highest BCUT2D eigenvalue weighted by atomic mass is 32.2. The molecule has 1 aliphatic carbocycles. The SMILES string of the molecule is CCCCCN(C)CCCCO[C@H]1CC[C@H](N(C)S(=O)(=O)c2ccccc2)CC1. The van der Waals surface area contributed by atoms with E-state index >= 15 is 0 Å². The van der Waals surface area contributed by atoms with Crippen molar-refractivity contribution in [3.63, 3.8) is 0 Å². The summed E-state index contributed by atoms with van der Waals surface area (Å²) in [6.45, 7) is 5.39. The van der Waals surface area contributed by atoms with E-state index in [-0.39, 0.29) is 12.1 Å². The summed E-state index contributed by atoms with van der Waals surface area (Å²) in [5, 5.41) is 0. The third-order valence-electron chi connectivity index (χ3n) is 6.01. The molecule has 0 bridgehead atoms. The normalized spacial score (nSPS) is 20.4. The van der Waals surface area contributed by atoms with Crippen molar-refractivity contribution in [1.29, 1.82) is 0 Å². The monoisotopic (exact) mass is 424 g/mol. The van der Waals surface area contributed by atoms with Crippen LogP contribution in [0.2, 0.25) is 0 Å². The molecule has 29 heavy (non-hydrogen) atoms. The minimum atomic E-state index is -3.41. The van der Waals surface area contributed by atoms with Gasteiger partial charge in [-0.1, -0.05) is 38.0 Å². The summed E-state index contributed by atoms with van der Waals surface area (Å²) < 4.78 is 33.2. The van der Waals surface area contributed by atoms with E-state index in [1.54, 1.807) is 35.6 Å². The molecule has 0 amide bonds. The van der Waals surface area contributed by atoms with Gasteiger partial charge in [-0.2, -0.15) is 4.31 Å². The highest BCUT2D eigenvalue weighted by Gasteiger charge is 2.31. The summed E-state index contributed by atoms with van der Waals surface area (Å²) in [4.78, 5) is 2.80. The van der Waals surface area contributed by atoms with Gasteiger partial charge in [-0.05, 0) is 77.2 Å². The van der Waals surface area contributed by atoms with Gasteiger partial charge in [0, 0.05) is 19.7 Å². The molecule has 1 aromatic rings. The summed E-state index contributed by atoms with van der Waals surface area (Å²) in [6.07, 6.45) is 10.1. The molecule has 0 aromatic heterocycles. The number of benzene rings is 1. The van der Waals surface area contributed by atoms with Crippen LogP contribution in [0.1, 0.15) is 64.7 Å². The van der Waals surface area contributed by atoms with Crippen molar-refractivity contribution in [2.24, 2.45) is 0 Å². The van der Waals surface area contributed by atoms with Gasteiger partial charge in [0.05, 0.1) is 11.0 Å². The molecule has 0 aliphatic heterocycles. The van der Waals surface area contributed by atoms with Crippen molar-refractivity contribution in [2.75, 3.05) is 33.8 Å². The summed E-state index contributed by atoms with van der Waals surface area (Å²) in [5.74, 6) is 0. The van der Waals surface area contributed by atoms with Crippen molar-refractivity contribution in [2.45, 2.75) is 81.8 Å². The number of rotatable bonds is 13. The van der Waals surface area contributed by atoms with Gasteiger partial charge in [0.2, 0.25) is 10.0 Å². The zero-order chi connectivity index (χ0) is 21.1. The third kappa shape index (κ3) is 8.00. The van der Waals surface area contributed by atoms with Gasteiger partial charge in [0.15, 0.2) is 0 Å². The fraction of sp³-hybridized carbons (Fsp3) is 0.739. The van der Waals surface area contributed by atoms with Crippen LogP contribution in [-0.4, -0.2) is 63.6 Å². The fourth-order valence-electron chi connectivity index (χ4n) is 4.01. The Morgan fingerprint density at radius 2 is 1.55 bits per heavy atom. The molecular formula is C23H40N2O3S. The first-order valence-corrected chi connectivity index (χ1v) is 12.7. The number of sulfonamides is 1. The Morgan fingerprint density at radius 3 is 2.17 bits per heavy atom. The smallest absolute Gasteiger partial charge is 0.243 e. The molecule has 0 unspecified atom stereocenters. The first-order valence-electron chi connectivity index (χ1n) is 11.3. The van der Waals surface area contributed by atoms with E-state index in [4.69, 9.17) is 4.74 Å². The van der Waals surface area contributed by atoms with E-state index in [0.29, 0.717) is 4.90 Å². The van der Waals surface area contributed by atoms with Gasteiger partial charge in [-0.25, -0.2) is 8.42 Å². The Labute approximate surface area is 178 Å². The Morgan fingerprint density at radius 1 is 0.931 bits per heavy atom. The van der Waals surface area contributed by atoms with E-state index in [1.807, 2.05) is 6.07 Å². The van der Waals surface area contributed by atoms with Crippen LogP contribution in [0.25, 0.3) is 0 Å². The molecule has 0 radical (unpaired) electrons. The van der Waals surface area contributed by atoms with Crippen molar-refractivity contribution in [3.8, 4) is 0 Å². The van der Waals surface area contributed by atoms with E-state index in [0.717, 1.165) is 45.3 Å². The first-order chi connectivity index (χ1) is 13.9. The topological polar surface area (TPSA) is 49.9 Å². The maximum atomic E-state index is 12.8. The molecule has 1 fully saturated rings. The minimum Gasteiger partial charge on any atom is -0.378 e. The molecule has 166 valence electrons. The molecule has 1 aromatic carbocycles. The zero-order valence-electron chi connectivity index (χ0n) is 18.6. The van der Waals surface area contributed by atoms with Gasteiger partial charge >= 0.3 is 0 Å². The van der Waals surface area contributed by atoms with Crippen LogP contribution in [0, 0.1) is 0 Å². The summed E-state index contributed by atoms with van der Waals surface area (Å²) in [7, 11) is 0.510. The Balaban J connectivity index is 1.63. The highest BCUT2D eigenvalue weighted by Crippen LogP contribution is 2.28. The lowest BCUT2D eigenvalue weighted by molar-refractivity contribution is 0.0152. The summed E-state index contributed by atoms with van der Waals surface area (Å²) in [5.41, 5.74) is 0. The lowest BCUT2D eigenvalue weighted by atomic mass is 9.93. The average Bonchev–Trinajstić information content (AvgIpc) is 2.74. The Bertz CT molecular complexity index is 658. The molecular weight excluding hydrogens is 384 g/mol. The molecule has 1 saturated carbocycles. The third-order valence-corrected chi connectivity index (χ3v) is 7.93. The number of hydrogen-bond acceptors (Lipinski definition) is 4. The maximum Gasteiger partial charge on any atom is 0.243 e.